The van der Waals surface area contributed by atoms with Crippen molar-refractivity contribution in [2.45, 2.75) is 26.2 Å². The zero-order chi connectivity index (χ0) is 15.0. The van der Waals surface area contributed by atoms with Crippen LogP contribution in [-0.4, -0.2) is 37.0 Å². The summed E-state index contributed by atoms with van der Waals surface area (Å²) in [5.41, 5.74) is 12.1. The van der Waals surface area contributed by atoms with Crippen LogP contribution in [0.3, 0.4) is 0 Å². The summed E-state index contributed by atoms with van der Waals surface area (Å²) < 4.78 is 0. The van der Waals surface area contributed by atoms with Gasteiger partial charge in [0, 0.05) is 17.5 Å². The van der Waals surface area contributed by atoms with Crippen LogP contribution in [0.15, 0.2) is 29.3 Å². The molecule has 4 N–H and O–H groups in total. The number of hydrogen-bond acceptors (Lipinski definition) is 2. The van der Waals surface area contributed by atoms with Crippen LogP contribution in [0.25, 0.3) is 0 Å². The quantitative estimate of drug-likeness (QED) is 0.572. The number of halogens is 1. The zero-order valence-corrected chi connectivity index (χ0v) is 13.1. The Balaban J connectivity index is 2.74. The number of rotatable bonds is 8. The lowest BCUT2D eigenvalue weighted by Crippen LogP contribution is -2.27. The molecule has 0 saturated carbocycles. The summed E-state index contributed by atoms with van der Waals surface area (Å²) in [7, 11) is 0. The van der Waals surface area contributed by atoms with Crippen molar-refractivity contribution in [1.29, 1.82) is 0 Å². The van der Waals surface area contributed by atoms with Gasteiger partial charge in [-0.2, -0.15) is 0 Å². The first kappa shape index (κ1) is 16.8. The van der Waals surface area contributed by atoms with Crippen LogP contribution in [-0.2, 0) is 0 Å². The summed E-state index contributed by atoms with van der Waals surface area (Å²) in [6.45, 7) is 8.14. The molecule has 1 aromatic rings. The molecule has 0 aromatic heterocycles. The standard InChI is InChI=1S/C15H25ClN4/c1-3-20(4-2)10-9-13(11-19-15(17)18)12-5-7-14(16)8-6-12/h5-8,13H,3-4,9-11H2,1-2H3,(H4,17,18,19). The number of aliphatic imine (C=N–C) groups is 1. The van der Waals surface area contributed by atoms with Gasteiger partial charge in [0.25, 0.3) is 0 Å². The van der Waals surface area contributed by atoms with Gasteiger partial charge in [0.1, 0.15) is 0 Å². The fourth-order valence-electron chi connectivity index (χ4n) is 2.19. The van der Waals surface area contributed by atoms with E-state index in [1.54, 1.807) is 0 Å². The van der Waals surface area contributed by atoms with E-state index in [1.807, 2.05) is 12.1 Å². The Labute approximate surface area is 126 Å². The van der Waals surface area contributed by atoms with E-state index in [0.29, 0.717) is 12.5 Å². The molecule has 0 bridgehead atoms. The fraction of sp³-hybridized carbons (Fsp3) is 0.533. The molecule has 1 rings (SSSR count). The molecule has 112 valence electrons. The molecule has 5 heteroatoms. The minimum atomic E-state index is 0.145. The van der Waals surface area contributed by atoms with Crippen molar-refractivity contribution in [2.75, 3.05) is 26.2 Å². The van der Waals surface area contributed by atoms with E-state index in [0.717, 1.165) is 31.1 Å². The monoisotopic (exact) mass is 296 g/mol. The van der Waals surface area contributed by atoms with E-state index in [1.165, 1.54) is 5.56 Å². The van der Waals surface area contributed by atoms with Crippen LogP contribution in [0, 0.1) is 0 Å². The second kappa shape index (κ2) is 8.82. The second-order valence-corrected chi connectivity index (χ2v) is 5.27. The Morgan fingerprint density at radius 3 is 2.30 bits per heavy atom. The second-order valence-electron chi connectivity index (χ2n) is 4.83. The Bertz CT molecular complexity index is 408. The lowest BCUT2D eigenvalue weighted by atomic mass is 9.95. The van der Waals surface area contributed by atoms with Crippen LogP contribution in [0.4, 0.5) is 0 Å². The third kappa shape index (κ3) is 5.80. The predicted octanol–water partition coefficient (Wildman–Crippen LogP) is 2.43. The van der Waals surface area contributed by atoms with E-state index in [4.69, 9.17) is 23.1 Å². The summed E-state index contributed by atoms with van der Waals surface area (Å²) in [5.74, 6) is 0.460. The van der Waals surface area contributed by atoms with Gasteiger partial charge in [-0.05, 0) is 43.8 Å². The van der Waals surface area contributed by atoms with Gasteiger partial charge in [0.05, 0.1) is 0 Å². The molecule has 0 radical (unpaired) electrons. The predicted molar refractivity (Wildman–Crippen MR) is 87.3 cm³/mol. The highest BCUT2D eigenvalue weighted by molar-refractivity contribution is 6.30. The van der Waals surface area contributed by atoms with Crippen molar-refractivity contribution < 1.29 is 0 Å². The highest BCUT2D eigenvalue weighted by Crippen LogP contribution is 2.22. The van der Waals surface area contributed by atoms with Crippen molar-refractivity contribution in [2.24, 2.45) is 16.5 Å². The van der Waals surface area contributed by atoms with Crippen molar-refractivity contribution in [3.05, 3.63) is 34.9 Å². The Morgan fingerprint density at radius 1 is 1.20 bits per heavy atom. The van der Waals surface area contributed by atoms with Crippen LogP contribution in [0.5, 0.6) is 0 Å². The smallest absolute Gasteiger partial charge is 0.185 e. The highest BCUT2D eigenvalue weighted by atomic mass is 35.5. The van der Waals surface area contributed by atoms with Gasteiger partial charge in [0.2, 0.25) is 0 Å². The SMILES string of the molecule is CCN(CC)CCC(CN=C(N)N)c1ccc(Cl)cc1. The van der Waals surface area contributed by atoms with Gasteiger partial charge >= 0.3 is 0 Å². The number of nitrogens with zero attached hydrogens (tertiary/aromatic N) is 2. The molecule has 0 aliphatic rings. The largest absolute Gasteiger partial charge is 0.370 e. The van der Waals surface area contributed by atoms with Gasteiger partial charge in [0.15, 0.2) is 5.96 Å². The number of nitrogens with two attached hydrogens (primary N) is 2. The average molecular weight is 297 g/mol. The maximum absolute atomic E-state index is 5.94. The summed E-state index contributed by atoms with van der Waals surface area (Å²) in [6, 6.07) is 7.93. The van der Waals surface area contributed by atoms with Gasteiger partial charge in [-0.3, -0.25) is 4.99 Å². The molecule has 1 aromatic carbocycles. The normalized spacial score (nSPS) is 12.4. The van der Waals surface area contributed by atoms with Gasteiger partial charge in [-0.1, -0.05) is 37.6 Å². The maximum atomic E-state index is 5.94. The van der Waals surface area contributed by atoms with Crippen LogP contribution in [0.1, 0.15) is 31.7 Å². The Kier molecular flexibility index (Phi) is 7.41. The molecule has 1 unspecified atom stereocenters. The third-order valence-corrected chi connectivity index (χ3v) is 3.78. The molecule has 0 aliphatic heterocycles. The van der Waals surface area contributed by atoms with Crippen LogP contribution in [0.2, 0.25) is 5.02 Å². The minimum absolute atomic E-state index is 0.145. The molecular weight excluding hydrogens is 272 g/mol. The van der Waals surface area contributed by atoms with E-state index < -0.39 is 0 Å². The van der Waals surface area contributed by atoms with E-state index in [2.05, 4.69) is 35.9 Å². The van der Waals surface area contributed by atoms with Crippen molar-refractivity contribution in [3.63, 3.8) is 0 Å². The molecule has 0 saturated heterocycles. The summed E-state index contributed by atoms with van der Waals surface area (Å²) in [6.07, 6.45) is 1.03. The van der Waals surface area contributed by atoms with Gasteiger partial charge in [-0.25, -0.2) is 0 Å². The van der Waals surface area contributed by atoms with Crippen LogP contribution < -0.4 is 11.5 Å². The number of benzene rings is 1. The molecule has 0 aliphatic carbocycles. The van der Waals surface area contributed by atoms with Gasteiger partial charge < -0.3 is 16.4 Å². The molecule has 0 fully saturated rings. The highest BCUT2D eigenvalue weighted by Gasteiger charge is 2.13. The number of guanidine groups is 1. The summed E-state index contributed by atoms with van der Waals surface area (Å²) in [5, 5.41) is 0.748. The van der Waals surface area contributed by atoms with Crippen molar-refractivity contribution in [3.8, 4) is 0 Å². The Morgan fingerprint density at radius 2 is 1.80 bits per heavy atom. The Hall–Kier alpha value is -1.26. The zero-order valence-electron chi connectivity index (χ0n) is 12.3. The first-order valence-electron chi connectivity index (χ1n) is 7.10. The topological polar surface area (TPSA) is 67.6 Å². The lowest BCUT2D eigenvalue weighted by Gasteiger charge is -2.22. The van der Waals surface area contributed by atoms with E-state index >= 15 is 0 Å². The first-order chi connectivity index (χ1) is 9.56. The van der Waals surface area contributed by atoms with E-state index in [9.17, 15) is 0 Å². The molecule has 4 nitrogen and oxygen atoms in total. The fourth-order valence-corrected chi connectivity index (χ4v) is 2.32. The van der Waals surface area contributed by atoms with E-state index in [-0.39, 0.29) is 5.96 Å². The average Bonchev–Trinajstić information content (AvgIpc) is 2.44. The summed E-state index contributed by atoms with van der Waals surface area (Å²) >= 11 is 5.94. The van der Waals surface area contributed by atoms with Crippen molar-refractivity contribution >= 4 is 17.6 Å². The lowest BCUT2D eigenvalue weighted by molar-refractivity contribution is 0.291. The number of hydrogen-bond donors (Lipinski definition) is 2. The summed E-state index contributed by atoms with van der Waals surface area (Å²) in [4.78, 5) is 6.58. The first-order valence-corrected chi connectivity index (χ1v) is 7.47. The van der Waals surface area contributed by atoms with Gasteiger partial charge in [-0.15, -0.1) is 0 Å². The minimum Gasteiger partial charge on any atom is -0.370 e. The van der Waals surface area contributed by atoms with Crippen LogP contribution >= 0.6 is 11.6 Å². The molecule has 20 heavy (non-hydrogen) atoms. The molecule has 0 heterocycles. The molecule has 0 spiro atoms. The molecule has 0 amide bonds. The third-order valence-electron chi connectivity index (χ3n) is 3.52. The molecular formula is C15H25ClN4. The maximum Gasteiger partial charge on any atom is 0.185 e. The molecule has 1 atom stereocenters. The van der Waals surface area contributed by atoms with Crippen molar-refractivity contribution in [1.82, 2.24) is 4.90 Å².